The first kappa shape index (κ1) is 33.1. The van der Waals surface area contributed by atoms with Crippen molar-refractivity contribution in [2.24, 2.45) is 23.5 Å². The van der Waals surface area contributed by atoms with Gasteiger partial charge in [0.15, 0.2) is 11.5 Å². The van der Waals surface area contributed by atoms with E-state index in [1.807, 2.05) is 34.6 Å². The van der Waals surface area contributed by atoms with Crippen molar-refractivity contribution in [2.45, 2.75) is 105 Å². The second-order valence-electron chi connectivity index (χ2n) is 10.7. The lowest BCUT2D eigenvalue weighted by Gasteiger charge is -2.32. The van der Waals surface area contributed by atoms with Crippen LogP contribution in [-0.2, 0) is 23.9 Å². The van der Waals surface area contributed by atoms with Crippen molar-refractivity contribution < 1.29 is 38.5 Å². The Bertz CT molecular complexity index is 943. The van der Waals surface area contributed by atoms with Gasteiger partial charge in [0.25, 0.3) is 0 Å². The highest BCUT2D eigenvalue weighted by Gasteiger charge is 2.35. The molecule has 214 valence electrons. The van der Waals surface area contributed by atoms with E-state index >= 15 is 0 Å². The van der Waals surface area contributed by atoms with Crippen LogP contribution in [0.25, 0.3) is 0 Å². The SMILES string of the molecule is CCCC(=O)OC(C)C(C)C(c1ccc(OC(=O)CCC(C)C)c(OC(=O)CCC(C)C)c1)[C@H](N)C(=O)O. The largest absolute Gasteiger partial charge is 0.480 e. The first-order valence-electron chi connectivity index (χ1n) is 13.5. The summed E-state index contributed by atoms with van der Waals surface area (Å²) >= 11 is 0. The number of hydrogen-bond acceptors (Lipinski definition) is 8. The number of aliphatic carboxylic acids is 1. The maximum Gasteiger partial charge on any atom is 0.321 e. The second kappa shape index (κ2) is 16.1. The zero-order valence-electron chi connectivity index (χ0n) is 23.8. The normalized spacial score (nSPS) is 14.5. The molecule has 0 heterocycles. The molecule has 0 aliphatic heterocycles. The average molecular weight is 536 g/mol. The molecule has 0 saturated carbocycles. The van der Waals surface area contributed by atoms with Gasteiger partial charge in [0.2, 0.25) is 0 Å². The van der Waals surface area contributed by atoms with Gasteiger partial charge in [-0.2, -0.15) is 0 Å². The van der Waals surface area contributed by atoms with Crippen molar-refractivity contribution in [3.05, 3.63) is 23.8 Å². The summed E-state index contributed by atoms with van der Waals surface area (Å²) in [4.78, 5) is 49.0. The molecular weight excluding hydrogens is 490 g/mol. The van der Waals surface area contributed by atoms with E-state index in [0.29, 0.717) is 30.7 Å². The zero-order chi connectivity index (χ0) is 29.0. The fourth-order valence-corrected chi connectivity index (χ4v) is 3.92. The number of nitrogens with two attached hydrogens (primary N) is 1. The fourth-order valence-electron chi connectivity index (χ4n) is 3.92. The second-order valence-corrected chi connectivity index (χ2v) is 10.7. The molecule has 0 bridgehead atoms. The van der Waals surface area contributed by atoms with Crippen molar-refractivity contribution in [1.82, 2.24) is 0 Å². The average Bonchev–Trinajstić information content (AvgIpc) is 2.82. The number of carboxylic acid groups (broad SMARTS) is 1. The molecule has 1 aromatic carbocycles. The molecule has 9 heteroatoms. The molecule has 1 aromatic rings. The summed E-state index contributed by atoms with van der Waals surface area (Å²) in [5.41, 5.74) is 6.56. The Morgan fingerprint density at radius 1 is 0.816 bits per heavy atom. The van der Waals surface area contributed by atoms with Gasteiger partial charge in [-0.3, -0.25) is 19.2 Å². The molecule has 0 aromatic heterocycles. The monoisotopic (exact) mass is 535 g/mol. The number of ether oxygens (including phenoxy) is 3. The van der Waals surface area contributed by atoms with E-state index in [-0.39, 0.29) is 42.6 Å². The van der Waals surface area contributed by atoms with Crippen LogP contribution in [0.2, 0.25) is 0 Å². The van der Waals surface area contributed by atoms with E-state index in [0.717, 1.165) is 0 Å². The molecule has 0 fully saturated rings. The first-order valence-corrected chi connectivity index (χ1v) is 13.5. The third-order valence-corrected chi connectivity index (χ3v) is 6.40. The Morgan fingerprint density at radius 3 is 1.82 bits per heavy atom. The Kier molecular flexibility index (Phi) is 14.0. The van der Waals surface area contributed by atoms with Gasteiger partial charge >= 0.3 is 23.9 Å². The molecule has 38 heavy (non-hydrogen) atoms. The fraction of sp³-hybridized carbons (Fsp3) is 0.655. The molecule has 1 rings (SSSR count). The van der Waals surface area contributed by atoms with Crippen molar-refractivity contribution in [3.8, 4) is 11.5 Å². The molecule has 0 aliphatic rings. The van der Waals surface area contributed by atoms with Crippen molar-refractivity contribution in [2.75, 3.05) is 0 Å². The summed E-state index contributed by atoms with van der Waals surface area (Å²) in [5, 5.41) is 9.74. The van der Waals surface area contributed by atoms with Crippen LogP contribution in [0, 0.1) is 17.8 Å². The molecular formula is C29H45NO8. The highest BCUT2D eigenvalue weighted by molar-refractivity contribution is 5.77. The molecule has 0 saturated heterocycles. The Morgan fingerprint density at radius 2 is 1.34 bits per heavy atom. The molecule has 9 nitrogen and oxygen atoms in total. The van der Waals surface area contributed by atoms with E-state index in [1.165, 1.54) is 12.1 Å². The van der Waals surface area contributed by atoms with Gasteiger partial charge in [-0.25, -0.2) is 0 Å². The van der Waals surface area contributed by atoms with Gasteiger partial charge in [0.1, 0.15) is 12.1 Å². The van der Waals surface area contributed by atoms with Gasteiger partial charge in [-0.1, -0.05) is 47.6 Å². The predicted molar refractivity (Wildman–Crippen MR) is 144 cm³/mol. The van der Waals surface area contributed by atoms with Crippen LogP contribution in [0.15, 0.2) is 18.2 Å². The lowest BCUT2D eigenvalue weighted by atomic mass is 9.79. The van der Waals surface area contributed by atoms with E-state index in [9.17, 15) is 24.3 Å². The van der Waals surface area contributed by atoms with Crippen LogP contribution < -0.4 is 15.2 Å². The summed E-state index contributed by atoms with van der Waals surface area (Å²) < 4.78 is 16.6. The number of carbonyl (C=O) groups is 4. The summed E-state index contributed by atoms with van der Waals surface area (Å²) in [6.07, 6.45) is 1.87. The topological polar surface area (TPSA) is 142 Å². The van der Waals surface area contributed by atoms with E-state index in [4.69, 9.17) is 19.9 Å². The maximum atomic E-state index is 12.6. The van der Waals surface area contributed by atoms with Gasteiger partial charge in [0, 0.05) is 31.1 Å². The molecule has 3 N–H and O–H groups in total. The standard InChI is InChI=1S/C29H45NO8/c1-8-9-24(31)36-20(7)19(6)27(28(30)29(34)35)21-12-13-22(37-25(32)14-10-17(2)3)23(16-21)38-26(33)15-11-18(4)5/h12-13,16-20,27-28H,8-11,14-15,30H2,1-7H3,(H,34,35)/t19?,20?,27?,28-/m0/s1. The van der Waals surface area contributed by atoms with Crippen LogP contribution in [0.5, 0.6) is 11.5 Å². The van der Waals surface area contributed by atoms with Gasteiger partial charge in [0.05, 0.1) is 0 Å². The van der Waals surface area contributed by atoms with Crippen LogP contribution in [0.1, 0.15) is 98.5 Å². The minimum absolute atomic E-state index is 0.0135. The lowest BCUT2D eigenvalue weighted by Crippen LogP contribution is -2.42. The third kappa shape index (κ3) is 11.2. The summed E-state index contributed by atoms with van der Waals surface area (Å²) in [7, 11) is 0. The number of carbonyl (C=O) groups excluding carboxylic acids is 3. The van der Waals surface area contributed by atoms with Crippen molar-refractivity contribution >= 4 is 23.9 Å². The Hall–Kier alpha value is -2.94. The molecule has 4 atom stereocenters. The number of esters is 3. The van der Waals surface area contributed by atoms with E-state index < -0.39 is 41.9 Å². The minimum Gasteiger partial charge on any atom is -0.480 e. The summed E-state index contributed by atoms with van der Waals surface area (Å²) in [6, 6.07) is 3.24. The van der Waals surface area contributed by atoms with E-state index in [2.05, 4.69) is 0 Å². The smallest absolute Gasteiger partial charge is 0.321 e. The summed E-state index contributed by atoms with van der Waals surface area (Å²) in [6.45, 7) is 13.3. The molecule has 0 amide bonds. The van der Waals surface area contributed by atoms with Crippen LogP contribution in [-0.4, -0.2) is 41.1 Å². The number of carboxylic acids is 1. The van der Waals surface area contributed by atoms with Crippen molar-refractivity contribution in [1.29, 1.82) is 0 Å². The highest BCUT2D eigenvalue weighted by atomic mass is 16.6. The van der Waals surface area contributed by atoms with Gasteiger partial charge in [-0.15, -0.1) is 0 Å². The number of hydrogen-bond donors (Lipinski definition) is 2. The molecule has 0 radical (unpaired) electrons. The minimum atomic E-state index is -1.33. The maximum absolute atomic E-state index is 12.6. The summed E-state index contributed by atoms with van der Waals surface area (Å²) in [5.74, 6) is -3.17. The van der Waals surface area contributed by atoms with Crippen LogP contribution in [0.3, 0.4) is 0 Å². The predicted octanol–water partition coefficient (Wildman–Crippen LogP) is 5.23. The Labute approximate surface area is 226 Å². The van der Waals surface area contributed by atoms with Gasteiger partial charge in [-0.05, 0) is 55.7 Å². The van der Waals surface area contributed by atoms with Crippen molar-refractivity contribution in [3.63, 3.8) is 0 Å². The van der Waals surface area contributed by atoms with Gasteiger partial charge < -0.3 is 25.1 Å². The Balaban J connectivity index is 3.40. The number of benzene rings is 1. The molecule has 0 aliphatic carbocycles. The molecule has 0 spiro atoms. The number of rotatable bonds is 16. The zero-order valence-corrected chi connectivity index (χ0v) is 23.8. The van der Waals surface area contributed by atoms with Crippen LogP contribution >= 0.6 is 0 Å². The third-order valence-electron chi connectivity index (χ3n) is 6.40. The van der Waals surface area contributed by atoms with Crippen LogP contribution in [0.4, 0.5) is 0 Å². The quantitative estimate of drug-likeness (QED) is 0.215. The first-order chi connectivity index (χ1) is 17.8. The molecule has 3 unspecified atom stereocenters. The lowest BCUT2D eigenvalue weighted by molar-refractivity contribution is -0.151. The highest BCUT2D eigenvalue weighted by Crippen LogP contribution is 2.37. The van der Waals surface area contributed by atoms with E-state index in [1.54, 1.807) is 19.9 Å².